The predicted octanol–water partition coefficient (Wildman–Crippen LogP) is 3.56. The Kier molecular flexibility index (Phi) is 7.44. The largest absolute Gasteiger partial charge is 0.444 e. The number of carbonyl (C=O) groups is 2. The van der Waals surface area contributed by atoms with Gasteiger partial charge in [0.2, 0.25) is 5.91 Å². The third-order valence-corrected chi connectivity index (χ3v) is 4.19. The number of amides is 2. The summed E-state index contributed by atoms with van der Waals surface area (Å²) in [4.78, 5) is 25.2. The van der Waals surface area contributed by atoms with E-state index in [4.69, 9.17) is 4.74 Å². The molecule has 24 heavy (non-hydrogen) atoms. The molecular formula is C16H27BrF2N2O3. The summed E-state index contributed by atoms with van der Waals surface area (Å²) in [7, 11) is 0. The molecule has 0 aromatic rings. The van der Waals surface area contributed by atoms with Crippen LogP contribution in [0.4, 0.5) is 13.6 Å². The van der Waals surface area contributed by atoms with Gasteiger partial charge in [-0.1, -0.05) is 22.9 Å². The predicted molar refractivity (Wildman–Crippen MR) is 91.5 cm³/mol. The van der Waals surface area contributed by atoms with Gasteiger partial charge in [0.05, 0.1) is 12.6 Å². The van der Waals surface area contributed by atoms with E-state index in [9.17, 15) is 18.4 Å². The number of rotatable bonds is 5. The van der Waals surface area contributed by atoms with E-state index in [1.54, 1.807) is 27.7 Å². The molecule has 8 heteroatoms. The van der Waals surface area contributed by atoms with Crippen molar-refractivity contribution in [2.45, 2.75) is 64.5 Å². The second kappa shape index (κ2) is 8.45. The SMILES string of the molecule is CC(CCCBr)C(=O)N[C@H]1CN(C(=O)OC(C)(C)C)CC(F)(F)C1. The highest BCUT2D eigenvalue weighted by Gasteiger charge is 2.43. The molecule has 0 aromatic heterocycles. The molecule has 1 aliphatic heterocycles. The van der Waals surface area contributed by atoms with Crippen molar-refractivity contribution < 1.29 is 23.1 Å². The van der Waals surface area contributed by atoms with Gasteiger partial charge in [0.25, 0.3) is 5.92 Å². The number of halogens is 3. The van der Waals surface area contributed by atoms with Crippen LogP contribution in [0.5, 0.6) is 0 Å². The van der Waals surface area contributed by atoms with Crippen molar-refractivity contribution in [2.75, 3.05) is 18.4 Å². The van der Waals surface area contributed by atoms with Crippen LogP contribution in [-0.2, 0) is 9.53 Å². The number of piperidine rings is 1. The van der Waals surface area contributed by atoms with E-state index in [0.29, 0.717) is 6.42 Å². The third-order valence-electron chi connectivity index (χ3n) is 3.62. The van der Waals surface area contributed by atoms with Gasteiger partial charge in [0.15, 0.2) is 0 Å². The highest BCUT2D eigenvalue weighted by molar-refractivity contribution is 9.09. The maximum absolute atomic E-state index is 13.9. The number of ether oxygens (including phenoxy) is 1. The molecule has 2 atom stereocenters. The van der Waals surface area contributed by atoms with Crippen LogP contribution in [0.15, 0.2) is 0 Å². The number of hydrogen-bond donors (Lipinski definition) is 1. The van der Waals surface area contributed by atoms with Crippen molar-refractivity contribution in [3.63, 3.8) is 0 Å². The molecule has 1 saturated heterocycles. The van der Waals surface area contributed by atoms with Crippen LogP contribution in [0.25, 0.3) is 0 Å². The normalized spacial score (nSPS) is 22.0. The molecule has 0 spiro atoms. The Morgan fingerprint density at radius 3 is 2.58 bits per heavy atom. The molecule has 1 aliphatic rings. The average Bonchev–Trinajstić information content (AvgIpc) is 2.40. The number of nitrogens with one attached hydrogen (secondary N) is 1. The number of hydrogen-bond acceptors (Lipinski definition) is 3. The zero-order valence-corrected chi connectivity index (χ0v) is 16.3. The first kappa shape index (κ1) is 21.1. The summed E-state index contributed by atoms with van der Waals surface area (Å²) in [5, 5.41) is 3.44. The zero-order valence-electron chi connectivity index (χ0n) is 14.7. The van der Waals surface area contributed by atoms with Gasteiger partial charge in [-0.25, -0.2) is 13.6 Å². The molecule has 0 aliphatic carbocycles. The second-order valence-corrected chi connectivity index (χ2v) is 8.15. The average molecular weight is 413 g/mol. The topological polar surface area (TPSA) is 58.6 Å². The Morgan fingerprint density at radius 1 is 1.42 bits per heavy atom. The minimum absolute atomic E-state index is 0.0292. The molecule has 0 aromatic carbocycles. The Morgan fingerprint density at radius 2 is 2.04 bits per heavy atom. The molecule has 5 nitrogen and oxygen atoms in total. The molecule has 1 fully saturated rings. The van der Waals surface area contributed by atoms with E-state index in [1.165, 1.54) is 0 Å². The van der Waals surface area contributed by atoms with Crippen LogP contribution in [0.1, 0.15) is 47.0 Å². The van der Waals surface area contributed by atoms with Crippen LogP contribution in [-0.4, -0.2) is 52.9 Å². The first-order valence-electron chi connectivity index (χ1n) is 8.15. The number of carbonyl (C=O) groups excluding carboxylic acids is 2. The summed E-state index contributed by atoms with van der Waals surface area (Å²) in [5.41, 5.74) is -0.757. The summed E-state index contributed by atoms with van der Waals surface area (Å²) in [5.74, 6) is -3.57. The quantitative estimate of drug-likeness (QED) is 0.702. The minimum Gasteiger partial charge on any atom is -0.444 e. The molecular weight excluding hydrogens is 386 g/mol. The second-order valence-electron chi connectivity index (χ2n) is 7.36. The molecule has 0 saturated carbocycles. The molecule has 1 N–H and O–H groups in total. The van der Waals surface area contributed by atoms with E-state index >= 15 is 0 Å². The fourth-order valence-electron chi connectivity index (χ4n) is 2.52. The molecule has 1 heterocycles. The van der Waals surface area contributed by atoms with E-state index < -0.39 is 36.6 Å². The van der Waals surface area contributed by atoms with Gasteiger partial charge >= 0.3 is 6.09 Å². The summed E-state index contributed by atoms with van der Waals surface area (Å²) in [6.07, 6.45) is 0.256. The lowest BCUT2D eigenvalue weighted by molar-refractivity contribution is -0.128. The molecule has 0 radical (unpaired) electrons. The Labute approximate surface area is 150 Å². The number of alkyl halides is 3. The van der Waals surface area contributed by atoms with Crippen LogP contribution in [0, 0.1) is 5.92 Å². The van der Waals surface area contributed by atoms with Crippen LogP contribution in [0.3, 0.4) is 0 Å². The van der Waals surface area contributed by atoms with Crippen molar-refractivity contribution in [3.8, 4) is 0 Å². The molecule has 140 valence electrons. The molecule has 1 rings (SSSR count). The standard InChI is InChI=1S/C16H27BrF2N2O3/c1-11(6-5-7-17)13(22)20-12-8-16(18,19)10-21(9-12)14(23)24-15(2,3)4/h11-12H,5-10H2,1-4H3,(H,20,22)/t11?,12-/m1/s1. The van der Waals surface area contributed by atoms with Crippen molar-refractivity contribution in [3.05, 3.63) is 0 Å². The maximum Gasteiger partial charge on any atom is 0.410 e. The number of nitrogens with zero attached hydrogens (tertiary/aromatic N) is 1. The van der Waals surface area contributed by atoms with Crippen molar-refractivity contribution in [1.82, 2.24) is 10.2 Å². The fraction of sp³-hybridized carbons (Fsp3) is 0.875. The van der Waals surface area contributed by atoms with E-state index in [2.05, 4.69) is 21.2 Å². The monoisotopic (exact) mass is 412 g/mol. The van der Waals surface area contributed by atoms with E-state index in [0.717, 1.165) is 16.7 Å². The highest BCUT2D eigenvalue weighted by atomic mass is 79.9. The van der Waals surface area contributed by atoms with Crippen LogP contribution in [0.2, 0.25) is 0 Å². The van der Waals surface area contributed by atoms with Crippen LogP contribution >= 0.6 is 15.9 Å². The maximum atomic E-state index is 13.9. The lowest BCUT2D eigenvalue weighted by atomic mass is 10.00. The van der Waals surface area contributed by atoms with E-state index in [-0.39, 0.29) is 18.4 Å². The van der Waals surface area contributed by atoms with Gasteiger partial charge in [-0.05, 0) is 33.6 Å². The van der Waals surface area contributed by atoms with Crippen LogP contribution < -0.4 is 5.32 Å². The number of likely N-dealkylation sites (tertiary alicyclic amines) is 1. The fourth-order valence-corrected chi connectivity index (χ4v) is 2.84. The first-order valence-corrected chi connectivity index (χ1v) is 9.28. The smallest absolute Gasteiger partial charge is 0.410 e. The van der Waals surface area contributed by atoms with Gasteiger partial charge in [-0.2, -0.15) is 0 Å². The van der Waals surface area contributed by atoms with Gasteiger partial charge in [0, 0.05) is 24.2 Å². The van der Waals surface area contributed by atoms with Gasteiger partial charge in [-0.15, -0.1) is 0 Å². The van der Waals surface area contributed by atoms with Crippen molar-refractivity contribution >= 4 is 27.9 Å². The first-order chi connectivity index (χ1) is 10.9. The zero-order chi connectivity index (χ0) is 18.5. The minimum atomic E-state index is -3.05. The third kappa shape index (κ3) is 7.32. The van der Waals surface area contributed by atoms with Crippen molar-refractivity contribution in [2.24, 2.45) is 5.92 Å². The van der Waals surface area contributed by atoms with Gasteiger partial charge in [-0.3, -0.25) is 4.79 Å². The summed E-state index contributed by atoms with van der Waals surface area (Å²) < 4.78 is 33.1. The summed E-state index contributed by atoms with van der Waals surface area (Å²) >= 11 is 3.30. The lowest BCUT2D eigenvalue weighted by Gasteiger charge is -2.38. The molecule has 2 amide bonds. The van der Waals surface area contributed by atoms with Crippen molar-refractivity contribution in [1.29, 1.82) is 0 Å². The summed E-state index contributed by atoms with van der Waals surface area (Å²) in [6, 6.07) is -0.778. The Hall–Kier alpha value is -0.920. The Balaban J connectivity index is 2.68. The highest BCUT2D eigenvalue weighted by Crippen LogP contribution is 2.28. The van der Waals surface area contributed by atoms with Gasteiger partial charge < -0.3 is 15.0 Å². The molecule has 0 bridgehead atoms. The lowest BCUT2D eigenvalue weighted by Crippen LogP contribution is -2.57. The Bertz CT molecular complexity index is 455. The summed E-state index contributed by atoms with van der Waals surface area (Å²) in [6.45, 7) is 6.15. The molecule has 1 unspecified atom stereocenters. The van der Waals surface area contributed by atoms with E-state index in [1.807, 2.05) is 0 Å². The van der Waals surface area contributed by atoms with Gasteiger partial charge in [0.1, 0.15) is 5.60 Å².